The number of carbonyl (C=O) groups is 1. The van der Waals surface area contributed by atoms with E-state index in [2.05, 4.69) is 17.3 Å². The minimum absolute atomic E-state index is 0.541. The zero-order chi connectivity index (χ0) is 11.5. The van der Waals surface area contributed by atoms with E-state index < -0.39 is 11.4 Å². The van der Waals surface area contributed by atoms with Crippen molar-refractivity contribution in [3.8, 4) is 0 Å². The summed E-state index contributed by atoms with van der Waals surface area (Å²) < 4.78 is 0. The number of nitrogens with one attached hydrogen (secondary N) is 1. The average molecular weight is 214 g/mol. The molecule has 1 saturated heterocycles. The third-order valence-corrected chi connectivity index (χ3v) is 3.15. The Balaban J connectivity index is 2.19. The first kappa shape index (κ1) is 12.5. The van der Waals surface area contributed by atoms with Crippen molar-refractivity contribution in [2.24, 2.45) is 5.41 Å². The highest BCUT2D eigenvalue weighted by molar-refractivity contribution is 5.73. The Morgan fingerprint density at radius 1 is 1.60 bits per heavy atom. The van der Waals surface area contributed by atoms with Gasteiger partial charge in [-0.15, -0.1) is 0 Å². The van der Waals surface area contributed by atoms with Gasteiger partial charge in [0.15, 0.2) is 0 Å². The van der Waals surface area contributed by atoms with Crippen LogP contribution in [0.4, 0.5) is 0 Å². The van der Waals surface area contributed by atoms with Crippen LogP contribution >= 0.6 is 0 Å². The molecule has 88 valence electrons. The highest BCUT2D eigenvalue weighted by atomic mass is 16.4. The first-order valence-corrected chi connectivity index (χ1v) is 5.57. The van der Waals surface area contributed by atoms with Gasteiger partial charge in [-0.2, -0.15) is 0 Å². The summed E-state index contributed by atoms with van der Waals surface area (Å²) in [5.41, 5.74) is -0.614. The molecule has 0 radical (unpaired) electrons. The molecule has 0 aromatic rings. The molecule has 0 aliphatic carbocycles. The fourth-order valence-corrected chi connectivity index (χ4v) is 1.80. The first-order chi connectivity index (χ1) is 6.92. The van der Waals surface area contributed by atoms with Crippen molar-refractivity contribution in [1.82, 2.24) is 10.2 Å². The third kappa shape index (κ3) is 3.80. The van der Waals surface area contributed by atoms with Crippen molar-refractivity contribution in [2.75, 3.05) is 26.7 Å². The Bertz CT molecular complexity index is 229. The van der Waals surface area contributed by atoms with Crippen LogP contribution in [0, 0.1) is 5.41 Å². The van der Waals surface area contributed by atoms with Crippen molar-refractivity contribution < 1.29 is 9.90 Å². The van der Waals surface area contributed by atoms with Crippen LogP contribution in [0.2, 0.25) is 0 Å². The molecule has 1 unspecified atom stereocenters. The van der Waals surface area contributed by atoms with E-state index in [4.69, 9.17) is 5.11 Å². The van der Waals surface area contributed by atoms with E-state index >= 15 is 0 Å². The number of likely N-dealkylation sites (tertiary alicyclic amines) is 1. The maximum Gasteiger partial charge on any atom is 0.309 e. The molecule has 1 rings (SSSR count). The summed E-state index contributed by atoms with van der Waals surface area (Å²) in [4.78, 5) is 13.2. The lowest BCUT2D eigenvalue weighted by molar-refractivity contribution is -0.147. The Morgan fingerprint density at radius 2 is 2.27 bits per heavy atom. The van der Waals surface area contributed by atoms with E-state index in [0.29, 0.717) is 12.5 Å². The summed E-state index contributed by atoms with van der Waals surface area (Å²) in [5, 5.41) is 12.4. The van der Waals surface area contributed by atoms with Gasteiger partial charge in [-0.25, -0.2) is 0 Å². The monoisotopic (exact) mass is 214 g/mol. The van der Waals surface area contributed by atoms with Crippen LogP contribution in [0.25, 0.3) is 0 Å². The van der Waals surface area contributed by atoms with Gasteiger partial charge in [0.1, 0.15) is 0 Å². The smallest absolute Gasteiger partial charge is 0.309 e. The topological polar surface area (TPSA) is 52.6 Å². The fraction of sp³-hybridized carbons (Fsp3) is 0.909. The molecule has 0 amide bonds. The SMILES string of the molecule is CN1CCC(NCCC(C)(C)C(=O)O)C1. The number of likely N-dealkylation sites (N-methyl/N-ethyl adjacent to an activating group) is 1. The van der Waals surface area contributed by atoms with Crippen LogP contribution in [0.3, 0.4) is 0 Å². The lowest BCUT2D eigenvalue weighted by Crippen LogP contribution is -2.35. The van der Waals surface area contributed by atoms with Crippen LogP contribution in [0.5, 0.6) is 0 Å². The highest BCUT2D eigenvalue weighted by Gasteiger charge is 2.27. The van der Waals surface area contributed by atoms with Crippen molar-refractivity contribution in [3.63, 3.8) is 0 Å². The van der Waals surface area contributed by atoms with E-state index in [1.54, 1.807) is 13.8 Å². The van der Waals surface area contributed by atoms with Crippen LogP contribution in [-0.4, -0.2) is 48.7 Å². The van der Waals surface area contributed by atoms with Crippen LogP contribution in [0.1, 0.15) is 26.7 Å². The normalized spacial score (nSPS) is 23.3. The minimum atomic E-state index is -0.715. The number of aliphatic carboxylic acids is 1. The molecule has 0 aromatic heterocycles. The van der Waals surface area contributed by atoms with Crippen LogP contribution in [0.15, 0.2) is 0 Å². The van der Waals surface area contributed by atoms with Crippen LogP contribution < -0.4 is 5.32 Å². The van der Waals surface area contributed by atoms with Gasteiger partial charge in [0.2, 0.25) is 0 Å². The summed E-state index contributed by atoms with van der Waals surface area (Å²) in [5.74, 6) is -0.715. The molecule has 0 aromatic carbocycles. The first-order valence-electron chi connectivity index (χ1n) is 5.57. The predicted octanol–water partition coefficient (Wildman–Crippen LogP) is 0.781. The zero-order valence-corrected chi connectivity index (χ0v) is 9.92. The molecule has 1 fully saturated rings. The molecule has 1 heterocycles. The van der Waals surface area contributed by atoms with E-state index in [9.17, 15) is 4.79 Å². The second-order valence-electron chi connectivity index (χ2n) is 5.14. The second-order valence-corrected chi connectivity index (χ2v) is 5.14. The van der Waals surface area contributed by atoms with Gasteiger partial charge in [-0.05, 0) is 46.8 Å². The molecule has 4 heteroatoms. The lowest BCUT2D eigenvalue weighted by Gasteiger charge is -2.20. The molecule has 15 heavy (non-hydrogen) atoms. The molecule has 4 nitrogen and oxygen atoms in total. The number of rotatable bonds is 5. The minimum Gasteiger partial charge on any atom is -0.481 e. The number of nitrogens with zero attached hydrogens (tertiary/aromatic N) is 1. The van der Waals surface area contributed by atoms with Crippen molar-refractivity contribution in [1.29, 1.82) is 0 Å². The van der Waals surface area contributed by atoms with E-state index in [-0.39, 0.29) is 0 Å². The Kier molecular flexibility index (Phi) is 4.11. The molecule has 0 saturated carbocycles. The largest absolute Gasteiger partial charge is 0.481 e. The number of hydrogen-bond acceptors (Lipinski definition) is 3. The third-order valence-electron chi connectivity index (χ3n) is 3.15. The highest BCUT2D eigenvalue weighted by Crippen LogP contribution is 2.19. The molecule has 0 spiro atoms. The van der Waals surface area contributed by atoms with E-state index in [1.165, 1.54) is 6.42 Å². The fourth-order valence-electron chi connectivity index (χ4n) is 1.80. The van der Waals surface area contributed by atoms with Gasteiger partial charge in [0.25, 0.3) is 0 Å². The zero-order valence-electron chi connectivity index (χ0n) is 9.92. The van der Waals surface area contributed by atoms with Crippen molar-refractivity contribution in [2.45, 2.75) is 32.7 Å². The summed E-state index contributed by atoms with van der Waals surface area (Å²) in [7, 11) is 2.11. The Hall–Kier alpha value is -0.610. The second kappa shape index (κ2) is 4.94. The van der Waals surface area contributed by atoms with Crippen molar-refractivity contribution >= 4 is 5.97 Å². The molecule has 1 aliphatic heterocycles. The van der Waals surface area contributed by atoms with Gasteiger partial charge in [0, 0.05) is 12.6 Å². The Morgan fingerprint density at radius 3 is 2.73 bits per heavy atom. The van der Waals surface area contributed by atoms with Crippen molar-refractivity contribution in [3.05, 3.63) is 0 Å². The summed E-state index contributed by atoms with van der Waals surface area (Å²) in [6, 6.07) is 0.541. The maximum atomic E-state index is 10.9. The van der Waals surface area contributed by atoms with Crippen LogP contribution in [-0.2, 0) is 4.79 Å². The van der Waals surface area contributed by atoms with Gasteiger partial charge in [0.05, 0.1) is 5.41 Å². The van der Waals surface area contributed by atoms with Gasteiger partial charge in [-0.3, -0.25) is 4.79 Å². The number of carboxylic acids is 1. The molecular weight excluding hydrogens is 192 g/mol. The van der Waals surface area contributed by atoms with Gasteiger partial charge >= 0.3 is 5.97 Å². The molecule has 2 N–H and O–H groups in total. The maximum absolute atomic E-state index is 10.9. The molecule has 1 atom stereocenters. The van der Waals surface area contributed by atoms with Gasteiger partial charge in [-0.1, -0.05) is 0 Å². The lowest BCUT2D eigenvalue weighted by atomic mass is 9.89. The predicted molar refractivity (Wildman–Crippen MR) is 59.9 cm³/mol. The van der Waals surface area contributed by atoms with E-state index in [1.807, 2.05) is 0 Å². The molecule has 0 bridgehead atoms. The molecule has 1 aliphatic rings. The number of carboxylic acid groups (broad SMARTS) is 1. The average Bonchev–Trinajstić information content (AvgIpc) is 2.51. The molecular formula is C11H22N2O2. The standard InChI is InChI=1S/C11H22N2O2/c1-11(2,10(14)15)5-6-12-9-4-7-13(3)8-9/h9,12H,4-8H2,1-3H3,(H,14,15). The summed E-state index contributed by atoms with van der Waals surface area (Å²) >= 11 is 0. The Labute approximate surface area is 91.6 Å². The quantitative estimate of drug-likeness (QED) is 0.710. The number of hydrogen-bond donors (Lipinski definition) is 2. The summed E-state index contributed by atoms with van der Waals surface area (Å²) in [6.45, 7) is 6.56. The van der Waals surface area contributed by atoms with Gasteiger partial charge < -0.3 is 15.3 Å². The summed E-state index contributed by atoms with van der Waals surface area (Å²) in [6.07, 6.45) is 1.85. The van der Waals surface area contributed by atoms with E-state index in [0.717, 1.165) is 19.6 Å².